The van der Waals surface area contributed by atoms with Crippen LogP contribution in [-0.4, -0.2) is 43.9 Å². The van der Waals surface area contributed by atoms with Gasteiger partial charge >= 0.3 is 0 Å². The molecule has 0 aromatic heterocycles. The summed E-state index contributed by atoms with van der Waals surface area (Å²) in [7, 11) is 0. The Hall–Kier alpha value is 0.610. The van der Waals surface area contributed by atoms with Crippen molar-refractivity contribution in [2.75, 3.05) is 32.8 Å². The van der Waals surface area contributed by atoms with Crippen LogP contribution in [0.15, 0.2) is 0 Å². The first-order chi connectivity index (χ1) is 7.78. The van der Waals surface area contributed by atoms with Crippen LogP contribution < -0.4 is 0 Å². The van der Waals surface area contributed by atoms with E-state index in [4.69, 9.17) is 7.80 Å². The third-order valence-electron chi connectivity index (χ3n) is 2.68. The van der Waals surface area contributed by atoms with Crippen LogP contribution in [0.2, 0.25) is 0 Å². The molecule has 0 aromatic carbocycles. The van der Waals surface area contributed by atoms with Crippen molar-refractivity contribution < 1.29 is 7.80 Å². The Morgan fingerprint density at radius 1 is 1.12 bits per heavy atom. The Balaban J connectivity index is 3.57. The van der Waals surface area contributed by atoms with Crippen LogP contribution in [0.5, 0.6) is 0 Å². The van der Waals surface area contributed by atoms with Gasteiger partial charge in [0.05, 0.1) is 6.61 Å². The molecule has 0 amide bonds. The van der Waals surface area contributed by atoms with Crippen molar-refractivity contribution in [3.63, 3.8) is 0 Å². The second-order valence-electron chi connectivity index (χ2n) is 3.98. The van der Waals surface area contributed by atoms with E-state index in [1.165, 1.54) is 12.8 Å². The summed E-state index contributed by atoms with van der Waals surface area (Å²) >= 11 is 1.98. The predicted molar refractivity (Wildman–Crippen MR) is 77.0 cm³/mol. The summed E-state index contributed by atoms with van der Waals surface area (Å²) in [6.07, 6.45) is 3.86. The normalized spacial score (nSPS) is 13.3. The van der Waals surface area contributed by atoms with Crippen molar-refractivity contribution in [2.24, 2.45) is 0 Å². The van der Waals surface area contributed by atoms with Gasteiger partial charge in [-0.1, -0.05) is 33.6 Å². The molecule has 0 heterocycles. The first-order valence-electron chi connectivity index (χ1n) is 6.35. The third-order valence-corrected chi connectivity index (χ3v) is 3.40. The van der Waals surface area contributed by atoms with Crippen LogP contribution in [0.3, 0.4) is 0 Å². The van der Waals surface area contributed by atoms with Crippen LogP contribution >= 0.6 is 23.0 Å². The standard InChI is InChI=1S/C12H26INO2/c1-4-7-8-9-15-11-12(16-13)10-14(5-2)6-3/h12H,4-11H2,1-3H3. The van der Waals surface area contributed by atoms with Crippen LogP contribution in [0, 0.1) is 0 Å². The average Bonchev–Trinajstić information content (AvgIpc) is 2.33. The van der Waals surface area contributed by atoms with E-state index < -0.39 is 0 Å². The molecular formula is C12H26INO2. The molecule has 0 aromatic rings. The van der Waals surface area contributed by atoms with Gasteiger partial charge < -0.3 is 12.7 Å². The summed E-state index contributed by atoms with van der Waals surface area (Å²) < 4.78 is 11.0. The van der Waals surface area contributed by atoms with Gasteiger partial charge in [0.1, 0.15) is 29.1 Å². The maximum absolute atomic E-state index is 5.62. The van der Waals surface area contributed by atoms with Crippen LogP contribution in [0.4, 0.5) is 0 Å². The largest absolute Gasteiger partial charge is 0.379 e. The fraction of sp³-hybridized carbons (Fsp3) is 1.00. The molecule has 0 radical (unpaired) electrons. The lowest BCUT2D eigenvalue weighted by Gasteiger charge is -2.23. The van der Waals surface area contributed by atoms with E-state index >= 15 is 0 Å². The van der Waals surface area contributed by atoms with Crippen molar-refractivity contribution in [3.05, 3.63) is 0 Å². The third kappa shape index (κ3) is 8.73. The quantitative estimate of drug-likeness (QED) is 0.425. The average molecular weight is 343 g/mol. The number of rotatable bonds is 11. The van der Waals surface area contributed by atoms with Gasteiger partial charge in [0.2, 0.25) is 0 Å². The lowest BCUT2D eigenvalue weighted by atomic mass is 10.3. The van der Waals surface area contributed by atoms with Crippen LogP contribution in [0.25, 0.3) is 0 Å². The second kappa shape index (κ2) is 12.1. The SMILES string of the molecule is CCCCCOCC(CN(CC)CC)OI. The number of hydrogen-bond acceptors (Lipinski definition) is 3. The van der Waals surface area contributed by atoms with Gasteiger partial charge in [-0.3, -0.25) is 0 Å². The Morgan fingerprint density at radius 2 is 1.81 bits per heavy atom. The minimum absolute atomic E-state index is 0.196. The Labute approximate surface area is 115 Å². The highest BCUT2D eigenvalue weighted by molar-refractivity contribution is 14.1. The molecule has 0 fully saturated rings. The number of nitrogens with zero attached hydrogens (tertiary/aromatic N) is 1. The minimum Gasteiger partial charge on any atom is -0.379 e. The fourth-order valence-corrected chi connectivity index (χ4v) is 1.85. The fourth-order valence-electron chi connectivity index (χ4n) is 1.55. The number of likely N-dealkylation sites (N-methyl/N-ethyl adjacent to an activating group) is 1. The molecule has 0 aliphatic rings. The summed E-state index contributed by atoms with van der Waals surface area (Å²) in [6.45, 7) is 11.2. The van der Waals surface area contributed by atoms with Crippen molar-refractivity contribution in [1.82, 2.24) is 4.90 Å². The van der Waals surface area contributed by atoms with Crippen LogP contribution in [0.1, 0.15) is 40.0 Å². The number of hydrogen-bond donors (Lipinski definition) is 0. The van der Waals surface area contributed by atoms with Gasteiger partial charge in [-0.15, -0.1) is 0 Å². The van der Waals surface area contributed by atoms with Crippen LogP contribution in [-0.2, 0) is 7.80 Å². The molecule has 0 rings (SSSR count). The monoisotopic (exact) mass is 343 g/mol. The zero-order valence-corrected chi connectivity index (χ0v) is 13.0. The van der Waals surface area contributed by atoms with Gasteiger partial charge in [-0.25, -0.2) is 0 Å². The molecule has 0 saturated heterocycles. The molecule has 16 heavy (non-hydrogen) atoms. The highest BCUT2D eigenvalue weighted by Crippen LogP contribution is 2.04. The number of ether oxygens (including phenoxy) is 1. The highest BCUT2D eigenvalue weighted by atomic mass is 127. The molecule has 0 bridgehead atoms. The highest BCUT2D eigenvalue weighted by Gasteiger charge is 2.12. The molecule has 0 spiro atoms. The summed E-state index contributed by atoms with van der Waals surface area (Å²) in [6, 6.07) is 0. The number of unbranched alkanes of at least 4 members (excludes halogenated alkanes) is 2. The van der Waals surface area contributed by atoms with Gasteiger partial charge in [0, 0.05) is 13.2 Å². The van der Waals surface area contributed by atoms with Gasteiger partial charge in [0.25, 0.3) is 0 Å². The molecule has 0 aliphatic carbocycles. The first-order valence-corrected chi connectivity index (χ1v) is 7.23. The summed E-state index contributed by atoms with van der Waals surface area (Å²) in [5.74, 6) is 0. The van der Waals surface area contributed by atoms with E-state index in [9.17, 15) is 0 Å². The van der Waals surface area contributed by atoms with E-state index in [1.54, 1.807) is 0 Å². The Kier molecular flexibility index (Phi) is 12.5. The van der Waals surface area contributed by atoms with E-state index in [0.29, 0.717) is 6.61 Å². The van der Waals surface area contributed by atoms with Gasteiger partial charge in [-0.05, 0) is 19.5 Å². The summed E-state index contributed by atoms with van der Waals surface area (Å²) in [5, 5.41) is 0. The molecule has 98 valence electrons. The van der Waals surface area contributed by atoms with Crippen molar-refractivity contribution in [2.45, 2.75) is 46.1 Å². The van der Waals surface area contributed by atoms with Gasteiger partial charge in [0.15, 0.2) is 0 Å². The summed E-state index contributed by atoms with van der Waals surface area (Å²) in [4.78, 5) is 2.36. The zero-order valence-electron chi connectivity index (χ0n) is 10.9. The molecule has 4 heteroatoms. The van der Waals surface area contributed by atoms with E-state index in [0.717, 1.165) is 32.7 Å². The van der Waals surface area contributed by atoms with Crippen molar-refractivity contribution >= 4 is 23.0 Å². The maximum atomic E-state index is 5.62. The lowest BCUT2D eigenvalue weighted by molar-refractivity contribution is 0.0503. The van der Waals surface area contributed by atoms with Crippen molar-refractivity contribution in [3.8, 4) is 0 Å². The number of halogens is 1. The van der Waals surface area contributed by atoms with E-state index in [1.807, 2.05) is 23.0 Å². The molecule has 1 unspecified atom stereocenters. The molecule has 1 atom stereocenters. The molecule has 0 aliphatic heterocycles. The first kappa shape index (κ1) is 16.6. The Bertz CT molecular complexity index is 143. The van der Waals surface area contributed by atoms with Gasteiger partial charge in [-0.2, -0.15) is 0 Å². The second-order valence-corrected chi connectivity index (χ2v) is 4.49. The molecular weight excluding hydrogens is 317 g/mol. The van der Waals surface area contributed by atoms with E-state index in [2.05, 4.69) is 25.7 Å². The van der Waals surface area contributed by atoms with E-state index in [-0.39, 0.29) is 6.10 Å². The lowest BCUT2D eigenvalue weighted by Crippen LogP contribution is -2.35. The smallest absolute Gasteiger partial charge is 0.110 e. The summed E-state index contributed by atoms with van der Waals surface area (Å²) in [5.41, 5.74) is 0. The minimum atomic E-state index is 0.196. The predicted octanol–water partition coefficient (Wildman–Crippen LogP) is 3.27. The topological polar surface area (TPSA) is 21.7 Å². The molecule has 0 N–H and O–H groups in total. The molecule has 0 saturated carbocycles. The molecule has 3 nitrogen and oxygen atoms in total. The Morgan fingerprint density at radius 3 is 2.31 bits per heavy atom. The zero-order chi connectivity index (χ0) is 12.2. The van der Waals surface area contributed by atoms with Crippen molar-refractivity contribution in [1.29, 1.82) is 0 Å². The maximum Gasteiger partial charge on any atom is 0.110 e.